The molecule has 0 amide bonds. The van der Waals surface area contributed by atoms with E-state index in [2.05, 4.69) is 4.72 Å². The zero-order valence-corrected chi connectivity index (χ0v) is 15.8. The zero-order valence-electron chi connectivity index (χ0n) is 14.2. The molecule has 142 valence electrons. The summed E-state index contributed by atoms with van der Waals surface area (Å²) in [4.78, 5) is -0.0782. The first-order valence-electron chi connectivity index (χ1n) is 7.53. The van der Waals surface area contributed by atoms with Crippen LogP contribution in [0.4, 0.5) is 18.9 Å². The van der Waals surface area contributed by atoms with Crippen LogP contribution in [0.15, 0.2) is 41.3 Å². The minimum atomic E-state index is -4.69. The molecule has 1 N–H and O–H groups in total. The highest BCUT2D eigenvalue weighted by Gasteiger charge is 2.33. The molecule has 0 saturated heterocycles. The maximum atomic E-state index is 12.9. The number of benzene rings is 2. The number of sulfonamides is 1. The van der Waals surface area contributed by atoms with E-state index in [-0.39, 0.29) is 16.5 Å². The van der Waals surface area contributed by atoms with Crippen molar-refractivity contribution in [3.63, 3.8) is 0 Å². The average molecular weight is 408 g/mol. The van der Waals surface area contributed by atoms with E-state index in [1.807, 2.05) is 13.8 Å². The Morgan fingerprint density at radius 2 is 1.77 bits per heavy atom. The summed E-state index contributed by atoms with van der Waals surface area (Å²) in [7, 11) is -2.61. The van der Waals surface area contributed by atoms with Crippen molar-refractivity contribution in [3.05, 3.63) is 52.5 Å². The van der Waals surface area contributed by atoms with Crippen molar-refractivity contribution in [2.75, 3.05) is 11.8 Å². The van der Waals surface area contributed by atoms with E-state index in [0.29, 0.717) is 17.4 Å². The van der Waals surface area contributed by atoms with Gasteiger partial charge in [0.15, 0.2) is 0 Å². The molecule has 0 aliphatic carbocycles. The van der Waals surface area contributed by atoms with E-state index in [1.165, 1.54) is 31.4 Å². The monoisotopic (exact) mass is 407 g/mol. The third-order valence-electron chi connectivity index (χ3n) is 3.66. The maximum absolute atomic E-state index is 12.9. The Hall–Kier alpha value is -1.93. The molecule has 0 atom stereocenters. The van der Waals surface area contributed by atoms with Crippen LogP contribution in [0.25, 0.3) is 0 Å². The highest BCUT2D eigenvalue weighted by atomic mass is 35.5. The molecule has 2 aromatic rings. The predicted octanol–water partition coefficient (Wildman–Crippen LogP) is 5.29. The molecule has 0 aliphatic heterocycles. The van der Waals surface area contributed by atoms with Gasteiger partial charge in [0.1, 0.15) is 5.75 Å². The summed E-state index contributed by atoms with van der Waals surface area (Å²) in [5.74, 6) is 0.525. The number of hydrogen-bond donors (Lipinski definition) is 1. The minimum absolute atomic E-state index is 0.00698. The van der Waals surface area contributed by atoms with E-state index >= 15 is 0 Å². The first-order chi connectivity index (χ1) is 12.0. The number of rotatable bonds is 5. The van der Waals surface area contributed by atoms with Crippen molar-refractivity contribution < 1.29 is 26.3 Å². The van der Waals surface area contributed by atoms with Gasteiger partial charge in [0.25, 0.3) is 10.0 Å². The SMILES string of the molecule is COc1ccc(S(=O)(=O)Nc2ccc(Cl)c(C(F)(F)F)c2)cc1C(C)C. The van der Waals surface area contributed by atoms with Crippen LogP contribution < -0.4 is 9.46 Å². The molecule has 2 aromatic carbocycles. The lowest BCUT2D eigenvalue weighted by Crippen LogP contribution is -2.15. The summed E-state index contributed by atoms with van der Waals surface area (Å²) >= 11 is 5.55. The number of methoxy groups -OCH3 is 1. The molecule has 0 heterocycles. The van der Waals surface area contributed by atoms with Gasteiger partial charge in [-0.2, -0.15) is 13.2 Å². The van der Waals surface area contributed by atoms with Crippen molar-refractivity contribution in [2.45, 2.75) is 30.8 Å². The second kappa shape index (κ2) is 7.36. The van der Waals surface area contributed by atoms with Crippen LogP contribution in [-0.2, 0) is 16.2 Å². The number of hydrogen-bond acceptors (Lipinski definition) is 3. The highest BCUT2D eigenvalue weighted by Crippen LogP contribution is 2.37. The van der Waals surface area contributed by atoms with Gasteiger partial charge in [-0.3, -0.25) is 4.72 Å². The lowest BCUT2D eigenvalue weighted by atomic mass is 10.0. The topological polar surface area (TPSA) is 55.4 Å². The summed E-state index contributed by atoms with van der Waals surface area (Å²) in [6, 6.07) is 7.09. The summed E-state index contributed by atoms with van der Waals surface area (Å²) in [5.41, 5.74) is -0.678. The Morgan fingerprint density at radius 3 is 2.31 bits per heavy atom. The first kappa shape index (κ1) is 20.4. The van der Waals surface area contributed by atoms with Crippen LogP contribution in [0.2, 0.25) is 5.02 Å². The molecule has 26 heavy (non-hydrogen) atoms. The normalized spacial score (nSPS) is 12.3. The Morgan fingerprint density at radius 1 is 1.12 bits per heavy atom. The van der Waals surface area contributed by atoms with Gasteiger partial charge in [0.05, 0.1) is 22.6 Å². The molecular weight excluding hydrogens is 391 g/mol. The number of anilines is 1. The fourth-order valence-electron chi connectivity index (χ4n) is 2.35. The predicted molar refractivity (Wildman–Crippen MR) is 94.3 cm³/mol. The van der Waals surface area contributed by atoms with Crippen LogP contribution in [0.1, 0.15) is 30.9 Å². The Kier molecular flexibility index (Phi) is 5.77. The summed E-state index contributed by atoms with van der Waals surface area (Å²) < 4.78 is 71.3. The fraction of sp³-hybridized carbons (Fsp3) is 0.294. The standard InChI is InChI=1S/C17H17ClF3NO3S/c1-10(2)13-9-12(5-7-16(13)25-3)26(23,24)22-11-4-6-15(18)14(8-11)17(19,20)21/h4-10,22H,1-3H3. The molecule has 0 aromatic heterocycles. The van der Waals surface area contributed by atoms with Gasteiger partial charge in [-0.25, -0.2) is 8.42 Å². The van der Waals surface area contributed by atoms with Gasteiger partial charge in [-0.1, -0.05) is 25.4 Å². The van der Waals surface area contributed by atoms with Gasteiger partial charge in [0, 0.05) is 5.69 Å². The smallest absolute Gasteiger partial charge is 0.417 e. The van der Waals surface area contributed by atoms with Gasteiger partial charge in [0.2, 0.25) is 0 Å². The molecule has 0 saturated carbocycles. The van der Waals surface area contributed by atoms with E-state index in [1.54, 1.807) is 0 Å². The average Bonchev–Trinajstić information content (AvgIpc) is 2.54. The van der Waals surface area contributed by atoms with Gasteiger partial charge in [-0.05, 0) is 47.9 Å². The fourth-order valence-corrected chi connectivity index (χ4v) is 3.66. The molecule has 0 aliphatic rings. The van der Waals surface area contributed by atoms with Crippen molar-refractivity contribution in [1.29, 1.82) is 0 Å². The molecule has 2 rings (SSSR count). The highest BCUT2D eigenvalue weighted by molar-refractivity contribution is 7.92. The molecule has 0 unspecified atom stereocenters. The number of alkyl halides is 3. The van der Waals surface area contributed by atoms with Gasteiger partial charge < -0.3 is 4.74 Å². The van der Waals surface area contributed by atoms with Gasteiger partial charge >= 0.3 is 6.18 Å². The van der Waals surface area contributed by atoms with Crippen LogP contribution >= 0.6 is 11.6 Å². The van der Waals surface area contributed by atoms with Crippen molar-refractivity contribution in [2.24, 2.45) is 0 Å². The van der Waals surface area contributed by atoms with Crippen LogP contribution in [0.3, 0.4) is 0 Å². The summed E-state index contributed by atoms with van der Waals surface area (Å²) in [6.45, 7) is 3.74. The van der Waals surface area contributed by atoms with Crippen LogP contribution in [0.5, 0.6) is 5.75 Å². The Bertz CT molecular complexity index is 912. The Balaban J connectivity index is 2.42. The van der Waals surface area contributed by atoms with Crippen molar-refractivity contribution in [3.8, 4) is 5.75 Å². The number of nitrogens with one attached hydrogen (secondary N) is 1. The van der Waals surface area contributed by atoms with Gasteiger partial charge in [-0.15, -0.1) is 0 Å². The third kappa shape index (κ3) is 4.42. The largest absolute Gasteiger partial charge is 0.496 e. The molecule has 0 spiro atoms. The molecule has 0 fully saturated rings. The zero-order chi connectivity index (χ0) is 19.7. The molecule has 0 radical (unpaired) electrons. The van der Waals surface area contributed by atoms with E-state index in [9.17, 15) is 21.6 Å². The van der Waals surface area contributed by atoms with Crippen molar-refractivity contribution in [1.82, 2.24) is 0 Å². The Labute approximate surface area is 155 Å². The molecule has 0 bridgehead atoms. The maximum Gasteiger partial charge on any atom is 0.417 e. The van der Waals surface area contributed by atoms with E-state index in [4.69, 9.17) is 16.3 Å². The second-order valence-electron chi connectivity index (χ2n) is 5.86. The third-order valence-corrected chi connectivity index (χ3v) is 5.37. The number of halogens is 4. The molecule has 4 nitrogen and oxygen atoms in total. The number of ether oxygens (including phenoxy) is 1. The quantitative estimate of drug-likeness (QED) is 0.732. The minimum Gasteiger partial charge on any atom is -0.496 e. The lowest BCUT2D eigenvalue weighted by Gasteiger charge is -2.15. The molecular formula is C17H17ClF3NO3S. The van der Waals surface area contributed by atoms with E-state index in [0.717, 1.165) is 6.07 Å². The summed E-state index contributed by atoms with van der Waals surface area (Å²) in [6.07, 6.45) is -4.69. The van der Waals surface area contributed by atoms with Crippen molar-refractivity contribution >= 4 is 27.3 Å². The van der Waals surface area contributed by atoms with Crippen LogP contribution in [-0.4, -0.2) is 15.5 Å². The second-order valence-corrected chi connectivity index (χ2v) is 7.95. The first-order valence-corrected chi connectivity index (χ1v) is 9.39. The van der Waals surface area contributed by atoms with E-state index < -0.39 is 26.8 Å². The lowest BCUT2D eigenvalue weighted by molar-refractivity contribution is -0.137. The molecule has 9 heteroatoms. The van der Waals surface area contributed by atoms with Crippen LogP contribution in [0, 0.1) is 0 Å². The summed E-state index contributed by atoms with van der Waals surface area (Å²) in [5, 5.41) is -0.507.